The van der Waals surface area contributed by atoms with Crippen molar-refractivity contribution < 1.29 is 18.3 Å². The topological polar surface area (TPSA) is 66.8 Å². The van der Waals surface area contributed by atoms with Crippen molar-refractivity contribution in [3.05, 3.63) is 58.7 Å². The van der Waals surface area contributed by atoms with Crippen LogP contribution in [0.3, 0.4) is 0 Å². The lowest BCUT2D eigenvalue weighted by Crippen LogP contribution is -2.18. The van der Waals surface area contributed by atoms with Gasteiger partial charge in [-0.25, -0.2) is 4.98 Å². The average Bonchev–Trinajstić information content (AvgIpc) is 2.95. The highest BCUT2D eigenvalue weighted by Crippen LogP contribution is 2.51. The Morgan fingerprint density at radius 1 is 1.36 bits per heavy atom. The predicted octanol–water partition coefficient (Wildman–Crippen LogP) is 3.16. The van der Waals surface area contributed by atoms with E-state index in [-0.39, 0.29) is 0 Å². The van der Waals surface area contributed by atoms with Crippen molar-refractivity contribution in [2.45, 2.75) is 31.5 Å². The van der Waals surface area contributed by atoms with Gasteiger partial charge in [0, 0.05) is 35.7 Å². The minimum Gasteiger partial charge on any atom is -0.395 e. The van der Waals surface area contributed by atoms with Gasteiger partial charge in [0.25, 0.3) is 0 Å². The number of nitrogens with two attached hydrogens (primary N) is 1. The van der Waals surface area contributed by atoms with E-state index < -0.39 is 17.5 Å². The van der Waals surface area contributed by atoms with Crippen LogP contribution in [0.15, 0.2) is 36.3 Å². The van der Waals surface area contributed by atoms with Gasteiger partial charge in [-0.1, -0.05) is 24.1 Å². The SMILES string of the molecule is CN(C)SCCc1cn2cc(C/C=C\C=C(/N)C(F)(F)F)c3c(c2n1)C3(C)O. The number of fused-ring (bicyclic) bond motifs is 3. The summed E-state index contributed by atoms with van der Waals surface area (Å²) in [6, 6.07) is 0. The van der Waals surface area contributed by atoms with E-state index in [4.69, 9.17) is 5.73 Å². The van der Waals surface area contributed by atoms with E-state index >= 15 is 0 Å². The van der Waals surface area contributed by atoms with E-state index in [1.54, 1.807) is 24.9 Å². The molecule has 1 atom stereocenters. The molecule has 0 aliphatic heterocycles. The second-order valence-electron chi connectivity index (χ2n) is 7.09. The lowest BCUT2D eigenvalue weighted by Gasteiger charge is -2.06. The van der Waals surface area contributed by atoms with E-state index in [1.807, 2.05) is 35.2 Å². The summed E-state index contributed by atoms with van der Waals surface area (Å²) in [5.74, 6) is 0.901. The zero-order valence-corrected chi connectivity index (χ0v) is 16.7. The minimum atomic E-state index is -4.53. The van der Waals surface area contributed by atoms with Gasteiger partial charge in [0.05, 0.1) is 5.69 Å². The third kappa shape index (κ3) is 4.21. The second-order valence-corrected chi connectivity index (χ2v) is 8.48. The largest absolute Gasteiger partial charge is 0.430 e. The molecular formula is C19H23F3N4OS. The van der Waals surface area contributed by atoms with Crippen LogP contribution in [0.1, 0.15) is 29.3 Å². The maximum Gasteiger partial charge on any atom is 0.430 e. The third-order valence-corrected chi connectivity index (χ3v) is 5.47. The summed E-state index contributed by atoms with van der Waals surface area (Å²) >= 11 is 1.70. The number of aryl methyl sites for hydroxylation is 1. The maximum atomic E-state index is 12.4. The Morgan fingerprint density at radius 3 is 2.71 bits per heavy atom. The molecule has 3 N–H and O–H groups in total. The van der Waals surface area contributed by atoms with Crippen LogP contribution in [-0.4, -0.2) is 44.8 Å². The van der Waals surface area contributed by atoms with Crippen molar-refractivity contribution in [2.75, 3.05) is 19.8 Å². The van der Waals surface area contributed by atoms with E-state index in [0.29, 0.717) is 6.42 Å². The fourth-order valence-electron chi connectivity index (χ4n) is 3.20. The van der Waals surface area contributed by atoms with Crippen LogP contribution < -0.4 is 5.73 Å². The molecule has 0 saturated heterocycles. The summed E-state index contributed by atoms with van der Waals surface area (Å²) in [6.07, 6.45) is 4.21. The molecule has 2 aromatic heterocycles. The summed E-state index contributed by atoms with van der Waals surface area (Å²) in [5, 5.41) is 10.6. The number of hydrogen-bond donors (Lipinski definition) is 2. The first kappa shape index (κ1) is 20.8. The lowest BCUT2D eigenvalue weighted by atomic mass is 10.1. The monoisotopic (exact) mass is 412 g/mol. The zero-order valence-electron chi connectivity index (χ0n) is 15.9. The van der Waals surface area contributed by atoms with Crippen LogP contribution in [0.2, 0.25) is 0 Å². The Kier molecular flexibility index (Phi) is 5.53. The van der Waals surface area contributed by atoms with Gasteiger partial charge in [0.1, 0.15) is 16.9 Å². The van der Waals surface area contributed by atoms with Gasteiger partial charge in [-0.2, -0.15) is 13.2 Å². The molecule has 0 saturated carbocycles. The van der Waals surface area contributed by atoms with E-state index in [1.165, 1.54) is 6.08 Å². The molecule has 0 aromatic carbocycles. The highest BCUT2D eigenvalue weighted by Gasteiger charge is 2.49. The van der Waals surface area contributed by atoms with E-state index in [9.17, 15) is 18.3 Å². The number of hydrogen-bond acceptors (Lipinski definition) is 5. The first-order chi connectivity index (χ1) is 13.0. The molecular weight excluding hydrogens is 389 g/mol. The number of halogens is 3. The van der Waals surface area contributed by atoms with Gasteiger partial charge in [0.2, 0.25) is 0 Å². The van der Waals surface area contributed by atoms with Crippen LogP contribution in [0.4, 0.5) is 13.2 Å². The highest BCUT2D eigenvalue weighted by atomic mass is 32.2. The van der Waals surface area contributed by atoms with Crippen molar-refractivity contribution >= 4 is 17.6 Å². The van der Waals surface area contributed by atoms with Gasteiger partial charge in [-0.05, 0) is 39.1 Å². The molecule has 2 aromatic rings. The van der Waals surface area contributed by atoms with Crippen LogP contribution in [0.25, 0.3) is 5.65 Å². The lowest BCUT2D eigenvalue weighted by molar-refractivity contribution is -0.0926. The van der Waals surface area contributed by atoms with Gasteiger partial charge < -0.3 is 15.2 Å². The van der Waals surface area contributed by atoms with Crippen LogP contribution in [0, 0.1) is 0 Å². The third-order valence-electron chi connectivity index (χ3n) is 4.57. The quantitative estimate of drug-likeness (QED) is 0.540. The molecule has 5 nitrogen and oxygen atoms in total. The molecule has 0 fully saturated rings. The number of aromatic nitrogens is 2. The molecule has 2 heterocycles. The number of pyridine rings is 1. The molecule has 152 valence electrons. The minimum absolute atomic E-state index is 0.389. The molecule has 3 rings (SSSR count). The van der Waals surface area contributed by atoms with E-state index in [2.05, 4.69) is 4.98 Å². The van der Waals surface area contributed by atoms with Crippen molar-refractivity contribution in [1.82, 2.24) is 13.7 Å². The maximum absolute atomic E-state index is 12.4. The zero-order chi connectivity index (χ0) is 20.7. The predicted molar refractivity (Wildman–Crippen MR) is 105 cm³/mol. The highest BCUT2D eigenvalue weighted by molar-refractivity contribution is 7.96. The fraction of sp³-hybridized carbons (Fsp3) is 0.421. The van der Waals surface area contributed by atoms with Crippen molar-refractivity contribution in [3.63, 3.8) is 0 Å². The molecule has 1 aliphatic rings. The number of alkyl halides is 3. The molecule has 1 unspecified atom stereocenters. The second kappa shape index (κ2) is 7.46. The summed E-state index contributed by atoms with van der Waals surface area (Å²) in [7, 11) is 3.97. The molecule has 9 heteroatoms. The first-order valence-corrected chi connectivity index (χ1v) is 9.72. The number of aliphatic hydroxyl groups is 1. The summed E-state index contributed by atoms with van der Waals surface area (Å²) in [4.78, 5) is 4.65. The molecule has 0 spiro atoms. The average molecular weight is 412 g/mol. The standard InChI is InChI=1S/C19H23F3N4OS/c1-18(27)15-12(6-4-5-7-14(23)19(20,21)22)10-26-11-13(8-9-28-25(2)3)24-17(26)16(15)18/h4-5,7,10-11,27H,6,8-9,23H2,1-3H3/b5-4-,14-7-. The molecule has 28 heavy (non-hydrogen) atoms. The molecule has 0 bridgehead atoms. The number of allylic oxidation sites excluding steroid dienone is 4. The Morgan fingerprint density at radius 2 is 2.07 bits per heavy atom. The summed E-state index contributed by atoms with van der Waals surface area (Å²) in [5.41, 5.74) is 6.91. The summed E-state index contributed by atoms with van der Waals surface area (Å²) < 4.78 is 41.1. The van der Waals surface area contributed by atoms with Gasteiger partial charge in [0.15, 0.2) is 0 Å². The molecule has 0 radical (unpaired) electrons. The Hall–Kier alpha value is -1.97. The van der Waals surface area contributed by atoms with E-state index in [0.717, 1.165) is 46.3 Å². The first-order valence-electron chi connectivity index (χ1n) is 8.78. The van der Waals surface area contributed by atoms with Gasteiger partial charge in [-0.15, -0.1) is 0 Å². The smallest absolute Gasteiger partial charge is 0.395 e. The van der Waals surface area contributed by atoms with Crippen molar-refractivity contribution in [3.8, 4) is 0 Å². The molecule has 0 amide bonds. The summed E-state index contributed by atoms with van der Waals surface area (Å²) in [6.45, 7) is 1.71. The normalized spacial score (nSPS) is 19.8. The Balaban J connectivity index is 1.80. The van der Waals surface area contributed by atoms with Crippen LogP contribution >= 0.6 is 11.9 Å². The fourth-order valence-corrected chi connectivity index (χ4v) is 3.86. The van der Waals surface area contributed by atoms with Crippen LogP contribution in [-0.2, 0) is 18.4 Å². The number of imidazole rings is 1. The number of rotatable bonds is 7. The van der Waals surface area contributed by atoms with Crippen LogP contribution in [0.5, 0.6) is 0 Å². The molecule has 1 aliphatic carbocycles. The van der Waals surface area contributed by atoms with Gasteiger partial charge >= 0.3 is 6.18 Å². The number of nitrogens with zero attached hydrogens (tertiary/aromatic N) is 3. The Bertz CT molecular complexity index is 945. The van der Waals surface area contributed by atoms with Gasteiger partial charge in [-0.3, -0.25) is 4.31 Å². The van der Waals surface area contributed by atoms with Crippen molar-refractivity contribution in [2.24, 2.45) is 5.73 Å². The van der Waals surface area contributed by atoms with Crippen molar-refractivity contribution in [1.29, 1.82) is 0 Å². The Labute approximate surface area is 165 Å².